The van der Waals surface area contributed by atoms with Crippen LogP contribution in [0.1, 0.15) is 32.5 Å². The van der Waals surface area contributed by atoms with E-state index in [2.05, 4.69) is 27.4 Å². The molecule has 0 aliphatic rings. The Morgan fingerprint density at radius 3 is 3.06 bits per heavy atom. The molecule has 0 atom stereocenters. The largest absolute Gasteiger partial charge is 0.353 e. The molecule has 0 bridgehead atoms. The number of hydrogen-bond acceptors (Lipinski definition) is 4. The van der Waals surface area contributed by atoms with Crippen molar-refractivity contribution in [3.05, 3.63) is 11.9 Å². The number of rotatable bonds is 7. The number of carbonyl (C=O) groups excluding carboxylic acids is 1. The number of nitrogens with one attached hydrogen (secondary N) is 2. The summed E-state index contributed by atoms with van der Waals surface area (Å²) in [5.74, 6) is 1.43. The molecular weight excluding hydrogens is 236 g/mol. The highest BCUT2D eigenvalue weighted by atomic mass is 32.2. The van der Waals surface area contributed by atoms with Crippen LogP contribution in [0.5, 0.6) is 0 Å². The second-order valence-electron chi connectivity index (χ2n) is 3.41. The molecule has 0 spiro atoms. The predicted molar refractivity (Wildman–Crippen MR) is 69.7 cm³/mol. The van der Waals surface area contributed by atoms with Gasteiger partial charge in [-0.15, -0.1) is 5.10 Å². The third kappa shape index (κ3) is 5.53. The van der Waals surface area contributed by atoms with Crippen LogP contribution in [-0.2, 0) is 4.79 Å². The molecule has 0 saturated carbocycles. The maximum atomic E-state index is 11.4. The van der Waals surface area contributed by atoms with Crippen LogP contribution in [-0.4, -0.2) is 33.4 Å². The van der Waals surface area contributed by atoms with E-state index in [1.807, 2.05) is 6.92 Å². The van der Waals surface area contributed by atoms with Gasteiger partial charge in [-0.1, -0.05) is 32.0 Å². The van der Waals surface area contributed by atoms with Gasteiger partial charge in [-0.05, 0) is 18.2 Å². The fraction of sp³-hybridized carbons (Fsp3) is 0.545. The first-order valence-electron chi connectivity index (χ1n) is 5.77. The number of aromatic nitrogens is 3. The molecule has 1 rings (SSSR count). The minimum absolute atomic E-state index is 0.0976. The van der Waals surface area contributed by atoms with Gasteiger partial charge in [0, 0.05) is 12.6 Å². The summed E-state index contributed by atoms with van der Waals surface area (Å²) < 4.78 is 0. The van der Waals surface area contributed by atoms with Crippen molar-refractivity contribution >= 4 is 23.7 Å². The van der Waals surface area contributed by atoms with Crippen LogP contribution < -0.4 is 5.32 Å². The van der Waals surface area contributed by atoms with Crippen LogP contribution in [0.4, 0.5) is 0 Å². The average Bonchev–Trinajstić information content (AvgIpc) is 2.75. The lowest BCUT2D eigenvalue weighted by Gasteiger charge is -1.98. The fourth-order valence-corrected chi connectivity index (χ4v) is 1.66. The quantitative estimate of drug-likeness (QED) is 0.442. The van der Waals surface area contributed by atoms with Crippen LogP contribution in [0.3, 0.4) is 0 Å². The van der Waals surface area contributed by atoms with Crippen LogP contribution in [0, 0.1) is 0 Å². The number of aromatic amines is 1. The molecule has 0 saturated heterocycles. The van der Waals surface area contributed by atoms with E-state index in [0.717, 1.165) is 18.6 Å². The van der Waals surface area contributed by atoms with E-state index in [4.69, 9.17) is 0 Å². The first-order valence-corrected chi connectivity index (χ1v) is 6.76. The molecule has 0 unspecified atom stereocenters. The van der Waals surface area contributed by atoms with Crippen molar-refractivity contribution in [3.63, 3.8) is 0 Å². The minimum atomic E-state index is -0.0976. The lowest BCUT2D eigenvalue weighted by molar-refractivity contribution is -0.116. The molecule has 0 aliphatic carbocycles. The standard InChI is InChI=1S/C11H18N4OS/c1-3-5-8-12-10(16)7-6-9-13-11(15-14-9)17-4-2/h6-7H,3-5,8H2,1-2H3,(H,12,16)(H,13,14,15)/b7-6+. The monoisotopic (exact) mass is 254 g/mol. The third-order valence-electron chi connectivity index (χ3n) is 1.98. The second-order valence-corrected chi connectivity index (χ2v) is 4.65. The first kappa shape index (κ1) is 13.8. The molecular formula is C11H18N4OS. The van der Waals surface area contributed by atoms with E-state index in [1.54, 1.807) is 17.8 Å². The van der Waals surface area contributed by atoms with E-state index in [1.165, 1.54) is 6.08 Å². The van der Waals surface area contributed by atoms with E-state index in [9.17, 15) is 4.79 Å². The lowest BCUT2D eigenvalue weighted by atomic mass is 10.3. The van der Waals surface area contributed by atoms with E-state index < -0.39 is 0 Å². The van der Waals surface area contributed by atoms with Crippen molar-refractivity contribution in [2.75, 3.05) is 12.3 Å². The predicted octanol–water partition coefficient (Wildman–Crippen LogP) is 1.85. The van der Waals surface area contributed by atoms with Crippen molar-refractivity contribution in [3.8, 4) is 0 Å². The van der Waals surface area contributed by atoms with Crippen molar-refractivity contribution < 1.29 is 4.79 Å². The SMILES string of the molecule is CCCCNC(=O)/C=C/c1nc(SCC)n[nH]1. The Balaban J connectivity index is 2.38. The number of nitrogens with zero attached hydrogens (tertiary/aromatic N) is 2. The molecule has 6 heteroatoms. The van der Waals surface area contributed by atoms with Gasteiger partial charge in [-0.2, -0.15) is 0 Å². The minimum Gasteiger partial charge on any atom is -0.353 e. The van der Waals surface area contributed by atoms with Crippen LogP contribution in [0.25, 0.3) is 6.08 Å². The van der Waals surface area contributed by atoms with Crippen molar-refractivity contribution in [2.24, 2.45) is 0 Å². The fourth-order valence-electron chi connectivity index (χ4n) is 1.13. The zero-order valence-electron chi connectivity index (χ0n) is 10.2. The van der Waals surface area contributed by atoms with Gasteiger partial charge in [0.25, 0.3) is 0 Å². The Morgan fingerprint density at radius 2 is 2.35 bits per heavy atom. The highest BCUT2D eigenvalue weighted by Gasteiger charge is 2.00. The number of thioether (sulfide) groups is 1. The molecule has 94 valence electrons. The molecule has 1 heterocycles. The lowest BCUT2D eigenvalue weighted by Crippen LogP contribution is -2.21. The summed E-state index contributed by atoms with van der Waals surface area (Å²) in [5.41, 5.74) is 0. The Bertz CT molecular complexity index is 375. The maximum Gasteiger partial charge on any atom is 0.244 e. The van der Waals surface area contributed by atoms with Crippen LogP contribution in [0.15, 0.2) is 11.2 Å². The molecule has 1 aromatic rings. The van der Waals surface area contributed by atoms with Gasteiger partial charge >= 0.3 is 0 Å². The summed E-state index contributed by atoms with van der Waals surface area (Å²) in [7, 11) is 0. The molecule has 0 aromatic carbocycles. The molecule has 0 fully saturated rings. The summed E-state index contributed by atoms with van der Waals surface area (Å²) in [6, 6.07) is 0. The van der Waals surface area contributed by atoms with Gasteiger partial charge in [-0.25, -0.2) is 4.98 Å². The van der Waals surface area contributed by atoms with Crippen molar-refractivity contribution in [1.82, 2.24) is 20.5 Å². The molecule has 1 amide bonds. The Labute approximate surface area is 105 Å². The van der Waals surface area contributed by atoms with Crippen LogP contribution in [0.2, 0.25) is 0 Å². The number of amides is 1. The highest BCUT2D eigenvalue weighted by molar-refractivity contribution is 7.99. The number of H-pyrrole nitrogens is 1. The summed E-state index contributed by atoms with van der Waals surface area (Å²) in [4.78, 5) is 15.6. The van der Waals surface area contributed by atoms with Gasteiger partial charge in [-0.3, -0.25) is 9.89 Å². The Hall–Kier alpha value is -1.30. The molecule has 2 N–H and O–H groups in total. The summed E-state index contributed by atoms with van der Waals surface area (Å²) in [6.45, 7) is 4.84. The van der Waals surface area contributed by atoms with Gasteiger partial charge < -0.3 is 5.32 Å². The second kappa shape index (κ2) is 7.89. The Kier molecular flexibility index (Phi) is 6.39. The van der Waals surface area contributed by atoms with E-state index >= 15 is 0 Å². The van der Waals surface area contributed by atoms with Crippen molar-refractivity contribution in [2.45, 2.75) is 31.8 Å². The van der Waals surface area contributed by atoms with Gasteiger partial charge in [0.1, 0.15) is 5.82 Å². The normalized spacial score (nSPS) is 10.9. The number of unbranched alkanes of at least 4 members (excludes halogenated alkanes) is 1. The zero-order valence-corrected chi connectivity index (χ0v) is 11.0. The van der Waals surface area contributed by atoms with Gasteiger partial charge in [0.2, 0.25) is 11.1 Å². The average molecular weight is 254 g/mol. The van der Waals surface area contributed by atoms with E-state index in [-0.39, 0.29) is 5.91 Å². The van der Waals surface area contributed by atoms with Gasteiger partial charge in [0.15, 0.2) is 0 Å². The molecule has 0 aliphatic heterocycles. The van der Waals surface area contributed by atoms with E-state index in [0.29, 0.717) is 17.5 Å². The summed E-state index contributed by atoms with van der Waals surface area (Å²) in [6.07, 6.45) is 5.17. The first-order chi connectivity index (χ1) is 8.26. The topological polar surface area (TPSA) is 70.7 Å². The Morgan fingerprint density at radius 1 is 1.53 bits per heavy atom. The van der Waals surface area contributed by atoms with Crippen LogP contribution >= 0.6 is 11.8 Å². The molecule has 0 radical (unpaired) electrons. The number of carbonyl (C=O) groups is 1. The summed E-state index contributed by atoms with van der Waals surface area (Å²) in [5, 5.41) is 10.3. The highest BCUT2D eigenvalue weighted by Crippen LogP contribution is 2.11. The molecule has 17 heavy (non-hydrogen) atoms. The smallest absolute Gasteiger partial charge is 0.244 e. The molecule has 5 nitrogen and oxygen atoms in total. The zero-order chi connectivity index (χ0) is 12.5. The van der Waals surface area contributed by atoms with Crippen molar-refractivity contribution in [1.29, 1.82) is 0 Å². The maximum absolute atomic E-state index is 11.4. The van der Waals surface area contributed by atoms with Gasteiger partial charge in [0.05, 0.1) is 0 Å². The molecule has 1 aromatic heterocycles. The summed E-state index contributed by atoms with van der Waals surface area (Å²) >= 11 is 1.56. The third-order valence-corrected chi connectivity index (χ3v) is 2.71. The number of hydrogen-bond donors (Lipinski definition) is 2.